The maximum atomic E-state index is 5.71. The molecule has 2 saturated heterocycles. The highest BCUT2D eigenvalue weighted by Gasteiger charge is 2.51. The highest BCUT2D eigenvalue weighted by atomic mass is 16.5. The van der Waals surface area contributed by atoms with Crippen LogP contribution in [-0.4, -0.2) is 35.7 Å². The molecule has 3 aliphatic rings. The molecule has 2 heterocycles. The van der Waals surface area contributed by atoms with Gasteiger partial charge in [0.05, 0.1) is 12.2 Å². The lowest BCUT2D eigenvalue weighted by Gasteiger charge is -2.30. The van der Waals surface area contributed by atoms with E-state index >= 15 is 0 Å². The Bertz CT molecular complexity index is 190. The molecule has 2 bridgehead atoms. The monoisotopic (exact) mass is 153 g/mol. The Labute approximate surface area is 67.5 Å². The van der Waals surface area contributed by atoms with Crippen molar-refractivity contribution in [1.29, 1.82) is 0 Å². The van der Waals surface area contributed by atoms with E-state index in [0.29, 0.717) is 0 Å². The number of rotatable bonds is 1. The van der Waals surface area contributed by atoms with Gasteiger partial charge in [-0.1, -0.05) is 0 Å². The van der Waals surface area contributed by atoms with Gasteiger partial charge in [0.25, 0.3) is 0 Å². The van der Waals surface area contributed by atoms with Gasteiger partial charge in [-0.15, -0.1) is 0 Å². The standard InChI is InChI=1S/C9H15NO/c1-9-4-8(5-11-9)10(6-9)7-2-3-7/h7-8H,2-6H2,1H3/t8-,9-/m1/s1. The average molecular weight is 153 g/mol. The summed E-state index contributed by atoms with van der Waals surface area (Å²) in [6.45, 7) is 4.45. The van der Waals surface area contributed by atoms with Crippen LogP contribution < -0.4 is 0 Å². The van der Waals surface area contributed by atoms with E-state index in [-0.39, 0.29) is 5.60 Å². The molecule has 2 nitrogen and oxygen atoms in total. The minimum atomic E-state index is 0.229. The van der Waals surface area contributed by atoms with Crippen molar-refractivity contribution in [2.24, 2.45) is 0 Å². The van der Waals surface area contributed by atoms with E-state index < -0.39 is 0 Å². The summed E-state index contributed by atoms with van der Waals surface area (Å²) in [7, 11) is 0. The van der Waals surface area contributed by atoms with Crippen LogP contribution in [0.1, 0.15) is 26.2 Å². The first-order chi connectivity index (χ1) is 5.27. The van der Waals surface area contributed by atoms with E-state index in [4.69, 9.17) is 4.74 Å². The summed E-state index contributed by atoms with van der Waals surface area (Å²) in [6.07, 6.45) is 4.16. The van der Waals surface area contributed by atoms with Crippen molar-refractivity contribution in [3.63, 3.8) is 0 Å². The van der Waals surface area contributed by atoms with Gasteiger partial charge in [0, 0.05) is 18.6 Å². The van der Waals surface area contributed by atoms with Crippen molar-refractivity contribution in [2.45, 2.75) is 43.9 Å². The number of likely N-dealkylation sites (tertiary alicyclic amines) is 1. The first-order valence-corrected chi connectivity index (χ1v) is 4.67. The van der Waals surface area contributed by atoms with Crippen molar-refractivity contribution in [3.8, 4) is 0 Å². The van der Waals surface area contributed by atoms with Crippen molar-refractivity contribution in [1.82, 2.24) is 4.90 Å². The zero-order valence-electron chi connectivity index (χ0n) is 7.05. The summed E-state index contributed by atoms with van der Waals surface area (Å²) >= 11 is 0. The lowest BCUT2D eigenvalue weighted by molar-refractivity contribution is -0.0351. The first kappa shape index (κ1) is 6.44. The Morgan fingerprint density at radius 3 is 2.64 bits per heavy atom. The summed E-state index contributed by atoms with van der Waals surface area (Å²) in [5, 5.41) is 0. The smallest absolute Gasteiger partial charge is 0.0797 e. The van der Waals surface area contributed by atoms with Gasteiger partial charge in [0.2, 0.25) is 0 Å². The zero-order chi connectivity index (χ0) is 7.47. The molecule has 62 valence electrons. The quantitative estimate of drug-likeness (QED) is 0.557. The first-order valence-electron chi connectivity index (χ1n) is 4.67. The fraction of sp³-hybridized carbons (Fsp3) is 1.00. The highest BCUT2D eigenvalue weighted by molar-refractivity contribution is 5.04. The van der Waals surface area contributed by atoms with Gasteiger partial charge < -0.3 is 4.74 Å². The van der Waals surface area contributed by atoms with E-state index in [1.54, 1.807) is 0 Å². The normalized spacial score (nSPS) is 50.5. The van der Waals surface area contributed by atoms with Crippen molar-refractivity contribution in [2.75, 3.05) is 13.2 Å². The van der Waals surface area contributed by atoms with Crippen LogP contribution in [0.2, 0.25) is 0 Å². The number of fused-ring (bicyclic) bond motifs is 2. The van der Waals surface area contributed by atoms with Gasteiger partial charge in [-0.3, -0.25) is 4.90 Å². The molecule has 0 aromatic rings. The SMILES string of the molecule is C[C@]12C[C@H](CO1)N(C1CC1)C2. The molecule has 0 aromatic carbocycles. The van der Waals surface area contributed by atoms with Crippen LogP contribution in [0.15, 0.2) is 0 Å². The molecule has 11 heavy (non-hydrogen) atoms. The topological polar surface area (TPSA) is 12.5 Å². The van der Waals surface area contributed by atoms with E-state index in [9.17, 15) is 0 Å². The van der Waals surface area contributed by atoms with Gasteiger partial charge in [-0.05, 0) is 26.2 Å². The van der Waals surface area contributed by atoms with Gasteiger partial charge in [0.1, 0.15) is 0 Å². The zero-order valence-corrected chi connectivity index (χ0v) is 7.05. The van der Waals surface area contributed by atoms with Crippen LogP contribution in [0.3, 0.4) is 0 Å². The predicted octanol–water partition coefficient (Wildman–Crippen LogP) is 1.01. The van der Waals surface area contributed by atoms with Crippen LogP contribution in [0.4, 0.5) is 0 Å². The maximum Gasteiger partial charge on any atom is 0.0797 e. The summed E-state index contributed by atoms with van der Waals surface area (Å²) in [6, 6.07) is 1.71. The fourth-order valence-electron chi connectivity index (χ4n) is 2.59. The number of nitrogens with zero attached hydrogens (tertiary/aromatic N) is 1. The summed E-state index contributed by atoms with van der Waals surface area (Å²) in [4.78, 5) is 2.67. The molecular weight excluding hydrogens is 138 g/mol. The third-order valence-electron chi connectivity index (χ3n) is 3.29. The summed E-state index contributed by atoms with van der Waals surface area (Å²) < 4.78 is 5.71. The van der Waals surface area contributed by atoms with Gasteiger partial charge in [-0.25, -0.2) is 0 Å². The summed E-state index contributed by atoms with van der Waals surface area (Å²) in [5.41, 5.74) is 0.229. The molecule has 0 N–H and O–H groups in total. The van der Waals surface area contributed by atoms with Crippen LogP contribution in [0, 0.1) is 0 Å². The van der Waals surface area contributed by atoms with Gasteiger partial charge in [-0.2, -0.15) is 0 Å². The van der Waals surface area contributed by atoms with E-state index in [2.05, 4.69) is 11.8 Å². The molecule has 3 fully saturated rings. The third-order valence-corrected chi connectivity index (χ3v) is 3.29. The second-order valence-corrected chi connectivity index (χ2v) is 4.52. The van der Waals surface area contributed by atoms with E-state index in [0.717, 1.165) is 18.7 Å². The molecule has 2 aliphatic heterocycles. The minimum absolute atomic E-state index is 0.229. The molecule has 2 heteroatoms. The second kappa shape index (κ2) is 1.80. The average Bonchev–Trinajstić information content (AvgIpc) is 2.68. The van der Waals surface area contributed by atoms with Crippen molar-refractivity contribution < 1.29 is 4.74 Å². The second-order valence-electron chi connectivity index (χ2n) is 4.52. The third kappa shape index (κ3) is 0.859. The van der Waals surface area contributed by atoms with Crippen LogP contribution >= 0.6 is 0 Å². The Hall–Kier alpha value is -0.0800. The van der Waals surface area contributed by atoms with Crippen molar-refractivity contribution in [3.05, 3.63) is 0 Å². The number of hydrogen-bond donors (Lipinski definition) is 0. The van der Waals surface area contributed by atoms with Crippen molar-refractivity contribution >= 4 is 0 Å². The lowest BCUT2D eigenvalue weighted by Crippen LogP contribution is -2.42. The maximum absolute atomic E-state index is 5.71. The minimum Gasteiger partial charge on any atom is -0.372 e. The number of ether oxygens (including phenoxy) is 1. The Kier molecular flexibility index (Phi) is 1.06. The highest BCUT2D eigenvalue weighted by Crippen LogP contribution is 2.42. The predicted molar refractivity (Wildman–Crippen MR) is 42.5 cm³/mol. The number of hydrogen-bond acceptors (Lipinski definition) is 2. The largest absolute Gasteiger partial charge is 0.372 e. The molecule has 0 spiro atoms. The molecule has 0 aromatic heterocycles. The van der Waals surface area contributed by atoms with E-state index in [1.807, 2.05) is 0 Å². The van der Waals surface area contributed by atoms with Crippen LogP contribution in [0.5, 0.6) is 0 Å². The molecule has 0 amide bonds. The Balaban J connectivity index is 1.81. The van der Waals surface area contributed by atoms with Gasteiger partial charge in [0.15, 0.2) is 0 Å². The van der Waals surface area contributed by atoms with E-state index in [1.165, 1.54) is 25.8 Å². The molecule has 1 aliphatic carbocycles. The lowest BCUT2D eigenvalue weighted by atomic mass is 10.1. The molecule has 0 radical (unpaired) electrons. The van der Waals surface area contributed by atoms with Gasteiger partial charge >= 0.3 is 0 Å². The number of morpholine rings is 1. The fourth-order valence-corrected chi connectivity index (χ4v) is 2.59. The molecular formula is C9H15NO. The Morgan fingerprint density at radius 2 is 2.18 bits per heavy atom. The summed E-state index contributed by atoms with van der Waals surface area (Å²) in [5.74, 6) is 0. The van der Waals surface area contributed by atoms with Crippen LogP contribution in [0.25, 0.3) is 0 Å². The molecule has 1 saturated carbocycles. The van der Waals surface area contributed by atoms with Crippen LogP contribution in [-0.2, 0) is 4.74 Å². The molecule has 0 unspecified atom stereocenters. The Morgan fingerprint density at radius 1 is 1.36 bits per heavy atom. The molecule has 3 rings (SSSR count). The molecule has 2 atom stereocenters.